The summed E-state index contributed by atoms with van der Waals surface area (Å²) < 4.78 is 19.7. The van der Waals surface area contributed by atoms with Crippen LogP contribution in [-0.4, -0.2) is 16.2 Å². The molecule has 0 bridgehead atoms. The van der Waals surface area contributed by atoms with Crippen LogP contribution in [-0.2, 0) is 6.54 Å². The highest BCUT2D eigenvalue weighted by molar-refractivity contribution is 7.16. The molecule has 0 aliphatic carbocycles. The van der Waals surface area contributed by atoms with Crippen molar-refractivity contribution in [3.05, 3.63) is 58.2 Å². The number of halogens is 1. The largest absolute Gasteiger partial charge is 0.492 e. The van der Waals surface area contributed by atoms with Crippen molar-refractivity contribution in [2.45, 2.75) is 6.54 Å². The Morgan fingerprint density at radius 2 is 2.05 bits per heavy atom. The molecule has 0 radical (unpaired) electrons. The third kappa shape index (κ3) is 2.55. The Balaban J connectivity index is 1.69. The van der Waals surface area contributed by atoms with Crippen LogP contribution in [0.4, 0.5) is 4.39 Å². The van der Waals surface area contributed by atoms with E-state index in [1.165, 1.54) is 34.4 Å². The van der Waals surface area contributed by atoms with E-state index in [-0.39, 0.29) is 11.4 Å². The fourth-order valence-corrected chi connectivity index (χ4v) is 2.57. The number of ether oxygens (including phenoxy) is 1. The second kappa shape index (κ2) is 5.42. The van der Waals surface area contributed by atoms with Gasteiger partial charge in [-0.1, -0.05) is 0 Å². The van der Waals surface area contributed by atoms with Gasteiger partial charge < -0.3 is 4.74 Å². The fourth-order valence-electron chi connectivity index (χ4n) is 1.85. The zero-order valence-corrected chi connectivity index (χ0v) is 11.3. The van der Waals surface area contributed by atoms with Crippen LogP contribution in [0.1, 0.15) is 0 Å². The maximum atomic E-state index is 12.7. The van der Waals surface area contributed by atoms with Crippen LogP contribution in [0.5, 0.6) is 5.75 Å². The smallest absolute Gasteiger partial charge is 0.262 e. The number of aromatic nitrogens is 2. The first-order valence-corrected chi connectivity index (χ1v) is 6.93. The van der Waals surface area contributed by atoms with Gasteiger partial charge in [-0.2, -0.15) is 0 Å². The van der Waals surface area contributed by atoms with Crippen LogP contribution < -0.4 is 10.3 Å². The zero-order chi connectivity index (χ0) is 13.9. The summed E-state index contributed by atoms with van der Waals surface area (Å²) in [6, 6.07) is 7.55. The second-order valence-corrected chi connectivity index (χ2v) is 5.08. The lowest BCUT2D eigenvalue weighted by atomic mass is 10.3. The molecule has 102 valence electrons. The Bertz CT molecular complexity index is 780. The maximum absolute atomic E-state index is 12.7. The van der Waals surface area contributed by atoms with Crippen LogP contribution in [0.3, 0.4) is 0 Å². The van der Waals surface area contributed by atoms with Crippen LogP contribution in [0.25, 0.3) is 10.2 Å². The quantitative estimate of drug-likeness (QED) is 0.742. The molecular formula is C14H11FN2O2S. The molecule has 0 saturated heterocycles. The average molecular weight is 290 g/mol. The van der Waals surface area contributed by atoms with Crippen LogP contribution in [0.2, 0.25) is 0 Å². The standard InChI is InChI=1S/C14H11FN2O2S/c15-10-1-3-11(4-2-10)19-7-6-17-9-16-13-12(14(17)18)5-8-20-13/h1-5,8-9H,6-7H2. The normalized spacial score (nSPS) is 10.8. The zero-order valence-electron chi connectivity index (χ0n) is 10.5. The van der Waals surface area contributed by atoms with Gasteiger partial charge in [-0.15, -0.1) is 11.3 Å². The SMILES string of the molecule is O=c1c2ccsc2ncn1CCOc1ccc(F)cc1. The molecule has 0 aliphatic rings. The Hall–Kier alpha value is -2.21. The van der Waals surface area contributed by atoms with Gasteiger partial charge in [0.25, 0.3) is 5.56 Å². The summed E-state index contributed by atoms with van der Waals surface area (Å²) in [5, 5.41) is 2.47. The molecule has 0 atom stereocenters. The molecule has 20 heavy (non-hydrogen) atoms. The van der Waals surface area contributed by atoms with Crippen LogP contribution >= 0.6 is 11.3 Å². The Labute approximate surface area is 118 Å². The fraction of sp³-hybridized carbons (Fsp3) is 0.143. The van der Waals surface area contributed by atoms with E-state index in [1.807, 2.05) is 5.38 Å². The third-order valence-corrected chi connectivity index (χ3v) is 3.69. The number of fused-ring (bicyclic) bond motifs is 1. The summed E-state index contributed by atoms with van der Waals surface area (Å²) in [6.07, 6.45) is 1.52. The first-order chi connectivity index (χ1) is 9.74. The van der Waals surface area contributed by atoms with Gasteiger partial charge in [-0.05, 0) is 35.7 Å². The lowest BCUT2D eigenvalue weighted by molar-refractivity contribution is 0.295. The number of nitrogens with zero attached hydrogens (tertiary/aromatic N) is 2. The monoisotopic (exact) mass is 290 g/mol. The van der Waals surface area contributed by atoms with Crippen molar-refractivity contribution in [3.8, 4) is 5.75 Å². The van der Waals surface area contributed by atoms with Gasteiger partial charge in [0.15, 0.2) is 0 Å². The van der Waals surface area contributed by atoms with Crippen molar-refractivity contribution in [3.63, 3.8) is 0 Å². The minimum absolute atomic E-state index is 0.0704. The van der Waals surface area contributed by atoms with Gasteiger partial charge in [0, 0.05) is 0 Å². The lowest BCUT2D eigenvalue weighted by Gasteiger charge is -2.07. The highest BCUT2D eigenvalue weighted by atomic mass is 32.1. The Morgan fingerprint density at radius 3 is 2.85 bits per heavy atom. The first kappa shape index (κ1) is 12.8. The minimum Gasteiger partial charge on any atom is -0.492 e. The second-order valence-electron chi connectivity index (χ2n) is 4.18. The third-order valence-electron chi connectivity index (χ3n) is 2.86. The van der Waals surface area contributed by atoms with Crippen molar-refractivity contribution in [2.24, 2.45) is 0 Å². The van der Waals surface area contributed by atoms with E-state index in [0.717, 1.165) is 4.83 Å². The van der Waals surface area contributed by atoms with E-state index in [0.29, 0.717) is 24.3 Å². The molecule has 0 amide bonds. The van der Waals surface area contributed by atoms with E-state index in [1.54, 1.807) is 18.2 Å². The maximum Gasteiger partial charge on any atom is 0.262 e. The molecular weight excluding hydrogens is 279 g/mol. The van der Waals surface area contributed by atoms with Crippen LogP contribution in [0, 0.1) is 5.82 Å². The van der Waals surface area contributed by atoms with Gasteiger partial charge in [0.1, 0.15) is 23.0 Å². The number of hydrogen-bond donors (Lipinski definition) is 0. The summed E-state index contributed by atoms with van der Waals surface area (Å²) in [6.45, 7) is 0.720. The van der Waals surface area contributed by atoms with Gasteiger partial charge in [0.2, 0.25) is 0 Å². The van der Waals surface area contributed by atoms with Crippen molar-refractivity contribution in [1.82, 2.24) is 9.55 Å². The van der Waals surface area contributed by atoms with E-state index < -0.39 is 0 Å². The number of rotatable bonds is 4. The van der Waals surface area contributed by atoms with Gasteiger partial charge in [0.05, 0.1) is 18.3 Å². The number of hydrogen-bond acceptors (Lipinski definition) is 4. The number of thiophene rings is 1. The van der Waals surface area contributed by atoms with Crippen LogP contribution in [0.15, 0.2) is 46.8 Å². The average Bonchev–Trinajstić information content (AvgIpc) is 2.93. The molecule has 1 aromatic carbocycles. The lowest BCUT2D eigenvalue weighted by Crippen LogP contribution is -2.23. The Morgan fingerprint density at radius 1 is 1.25 bits per heavy atom. The summed E-state index contributed by atoms with van der Waals surface area (Å²) in [7, 11) is 0. The molecule has 0 N–H and O–H groups in total. The van der Waals surface area contributed by atoms with Gasteiger partial charge in [-0.25, -0.2) is 9.37 Å². The molecule has 6 heteroatoms. The molecule has 0 fully saturated rings. The van der Waals surface area contributed by atoms with Crippen molar-refractivity contribution < 1.29 is 9.13 Å². The molecule has 0 unspecified atom stereocenters. The van der Waals surface area contributed by atoms with E-state index in [4.69, 9.17) is 4.74 Å². The molecule has 2 heterocycles. The van der Waals surface area contributed by atoms with E-state index in [2.05, 4.69) is 4.98 Å². The molecule has 3 rings (SSSR count). The molecule has 3 aromatic rings. The summed E-state index contributed by atoms with van der Waals surface area (Å²) in [4.78, 5) is 17.1. The summed E-state index contributed by atoms with van der Waals surface area (Å²) >= 11 is 1.44. The number of benzene rings is 1. The topological polar surface area (TPSA) is 44.1 Å². The Kier molecular flexibility index (Phi) is 3.47. The van der Waals surface area contributed by atoms with E-state index in [9.17, 15) is 9.18 Å². The molecule has 2 aromatic heterocycles. The molecule has 0 aliphatic heterocycles. The predicted octanol–water partition coefficient (Wildman–Crippen LogP) is 2.68. The first-order valence-electron chi connectivity index (χ1n) is 6.05. The molecule has 0 saturated carbocycles. The summed E-state index contributed by atoms with van der Waals surface area (Å²) in [5.74, 6) is 0.268. The molecule has 0 spiro atoms. The van der Waals surface area contributed by atoms with Crippen molar-refractivity contribution >= 4 is 21.6 Å². The minimum atomic E-state index is -0.305. The predicted molar refractivity (Wildman–Crippen MR) is 75.8 cm³/mol. The van der Waals surface area contributed by atoms with Gasteiger partial charge in [-0.3, -0.25) is 9.36 Å². The highest BCUT2D eigenvalue weighted by Crippen LogP contribution is 2.13. The molecule has 4 nitrogen and oxygen atoms in total. The van der Waals surface area contributed by atoms with Crippen molar-refractivity contribution in [2.75, 3.05) is 6.61 Å². The van der Waals surface area contributed by atoms with Gasteiger partial charge >= 0.3 is 0 Å². The van der Waals surface area contributed by atoms with E-state index >= 15 is 0 Å². The highest BCUT2D eigenvalue weighted by Gasteiger charge is 2.04. The van der Waals surface area contributed by atoms with Crippen molar-refractivity contribution in [1.29, 1.82) is 0 Å². The summed E-state index contributed by atoms with van der Waals surface area (Å²) in [5.41, 5.74) is -0.0704.